The number of piperidine rings is 2. The third kappa shape index (κ3) is 3.16. The summed E-state index contributed by atoms with van der Waals surface area (Å²) in [5, 5.41) is 0.955. The molecule has 3 aliphatic rings. The van der Waals surface area contributed by atoms with Crippen LogP contribution in [0.3, 0.4) is 0 Å². The molecule has 1 aromatic heterocycles. The Morgan fingerprint density at radius 2 is 1.88 bits per heavy atom. The van der Waals surface area contributed by atoms with Crippen molar-refractivity contribution in [3.8, 4) is 0 Å². The minimum atomic E-state index is -1.16. The summed E-state index contributed by atoms with van der Waals surface area (Å²) in [6.07, 6.45) is -0.131. The van der Waals surface area contributed by atoms with Crippen LogP contribution < -0.4 is 0 Å². The van der Waals surface area contributed by atoms with Gasteiger partial charge in [0.05, 0.1) is 13.2 Å². The Kier molecular flexibility index (Phi) is 4.96. The van der Waals surface area contributed by atoms with E-state index in [0.29, 0.717) is 12.1 Å². The van der Waals surface area contributed by atoms with E-state index in [0.717, 1.165) is 16.5 Å². The quantitative estimate of drug-likeness (QED) is 0.637. The van der Waals surface area contributed by atoms with Crippen LogP contribution in [-0.4, -0.2) is 47.4 Å². The van der Waals surface area contributed by atoms with Crippen LogP contribution in [0.1, 0.15) is 24.1 Å². The summed E-state index contributed by atoms with van der Waals surface area (Å²) in [4.78, 5) is 43.9. The number of amides is 1. The summed E-state index contributed by atoms with van der Waals surface area (Å²) in [5.41, 5.74) is 1.26. The lowest BCUT2D eigenvalue weighted by molar-refractivity contribution is -0.160. The van der Waals surface area contributed by atoms with Gasteiger partial charge in [-0.1, -0.05) is 48.5 Å². The van der Waals surface area contributed by atoms with Crippen LogP contribution in [0, 0.1) is 5.92 Å². The van der Waals surface area contributed by atoms with Crippen molar-refractivity contribution in [2.75, 3.05) is 13.7 Å². The highest BCUT2D eigenvalue weighted by atomic mass is 16.6. The number of fused-ring (bicyclic) bond motifs is 4. The topological polar surface area (TPSA) is 88.7 Å². The molecular formula is C25H24N2O5. The Bertz CT molecular complexity index is 1150. The van der Waals surface area contributed by atoms with Crippen LogP contribution in [0.4, 0.5) is 4.79 Å². The lowest BCUT2D eigenvalue weighted by Crippen LogP contribution is -2.68. The molecule has 3 aromatic rings. The number of methoxy groups -OCH3 is 1. The standard InChI is InChI=1S/C25H24N2O5/c1-31-23(29)25(21-11-17-9-5-6-10-19(17)26-21)13-18-14-27(22(25)12-20(18)28)24(30)32-15-16-7-3-2-4-8-16/h2-11,18,22,26H,12-15H2,1H3/t18?,22?,25-/m0/s1. The lowest BCUT2D eigenvalue weighted by Gasteiger charge is -2.53. The third-order valence-corrected chi connectivity index (χ3v) is 6.78. The molecule has 0 spiro atoms. The summed E-state index contributed by atoms with van der Waals surface area (Å²) >= 11 is 0. The molecule has 1 N–H and O–H groups in total. The predicted molar refractivity (Wildman–Crippen MR) is 117 cm³/mol. The van der Waals surface area contributed by atoms with Crippen molar-refractivity contribution in [2.45, 2.75) is 30.9 Å². The summed E-state index contributed by atoms with van der Waals surface area (Å²) in [5.74, 6) is -0.834. The van der Waals surface area contributed by atoms with Gasteiger partial charge in [0.2, 0.25) is 0 Å². The monoisotopic (exact) mass is 432 g/mol. The van der Waals surface area contributed by atoms with Crippen molar-refractivity contribution < 1.29 is 23.9 Å². The van der Waals surface area contributed by atoms with Crippen LogP contribution >= 0.6 is 0 Å². The number of carbonyl (C=O) groups is 3. The van der Waals surface area contributed by atoms with Gasteiger partial charge in [-0.2, -0.15) is 0 Å². The molecule has 7 heteroatoms. The van der Waals surface area contributed by atoms with Crippen molar-refractivity contribution >= 4 is 28.7 Å². The van der Waals surface area contributed by atoms with Crippen LogP contribution in [0.2, 0.25) is 0 Å². The van der Waals surface area contributed by atoms with Crippen LogP contribution in [0.5, 0.6) is 0 Å². The zero-order valence-electron chi connectivity index (χ0n) is 17.7. The number of aromatic nitrogens is 1. The number of benzene rings is 2. The maximum absolute atomic E-state index is 13.3. The number of ether oxygens (including phenoxy) is 2. The third-order valence-electron chi connectivity index (χ3n) is 6.78. The SMILES string of the molecule is COC(=O)[C@]1(c2cc3ccccc3[nH]2)CC2CN(C(=O)OCc3ccccc3)C1CC2=O. The second kappa shape index (κ2) is 7.82. The highest BCUT2D eigenvalue weighted by Crippen LogP contribution is 2.49. The zero-order chi connectivity index (χ0) is 22.3. The Balaban J connectivity index is 1.51. The van der Waals surface area contributed by atoms with E-state index in [1.165, 1.54) is 7.11 Å². The van der Waals surface area contributed by atoms with E-state index in [9.17, 15) is 14.4 Å². The van der Waals surface area contributed by atoms with Gasteiger partial charge in [-0.15, -0.1) is 0 Å². The van der Waals surface area contributed by atoms with Gasteiger partial charge >= 0.3 is 12.1 Å². The molecule has 2 unspecified atom stereocenters. The van der Waals surface area contributed by atoms with E-state index in [-0.39, 0.29) is 25.4 Å². The van der Waals surface area contributed by atoms with Crippen molar-refractivity contribution in [1.29, 1.82) is 0 Å². The fourth-order valence-corrected chi connectivity index (χ4v) is 5.20. The van der Waals surface area contributed by atoms with Gasteiger partial charge in [0.25, 0.3) is 0 Å². The number of rotatable bonds is 4. The number of nitrogens with one attached hydrogen (secondary N) is 1. The van der Waals surface area contributed by atoms with Gasteiger partial charge in [-0.3, -0.25) is 9.59 Å². The Labute approximate surface area is 185 Å². The first-order valence-electron chi connectivity index (χ1n) is 10.7. The van der Waals surface area contributed by atoms with Crippen molar-refractivity contribution in [1.82, 2.24) is 9.88 Å². The first kappa shape index (κ1) is 20.3. The molecule has 2 bridgehead atoms. The average Bonchev–Trinajstić information content (AvgIpc) is 3.27. The number of aromatic amines is 1. The van der Waals surface area contributed by atoms with Crippen LogP contribution in [0.15, 0.2) is 60.7 Å². The molecule has 2 aliphatic heterocycles. The summed E-state index contributed by atoms with van der Waals surface area (Å²) < 4.78 is 10.8. The highest BCUT2D eigenvalue weighted by molar-refractivity contribution is 5.95. The molecule has 0 radical (unpaired) electrons. The molecule has 3 fully saturated rings. The van der Waals surface area contributed by atoms with Gasteiger partial charge in [0, 0.05) is 30.1 Å². The van der Waals surface area contributed by atoms with Crippen molar-refractivity contribution in [3.05, 3.63) is 71.9 Å². The molecule has 3 atom stereocenters. The number of nitrogens with zero attached hydrogens (tertiary/aromatic N) is 1. The number of H-pyrrole nitrogens is 1. The maximum atomic E-state index is 13.3. The highest BCUT2D eigenvalue weighted by Gasteiger charge is 2.62. The number of ketones is 1. The van der Waals surface area contributed by atoms with E-state index in [4.69, 9.17) is 9.47 Å². The number of hydrogen-bond donors (Lipinski definition) is 1. The fourth-order valence-electron chi connectivity index (χ4n) is 5.20. The normalized spacial score (nSPS) is 24.5. The minimum absolute atomic E-state index is 0.0674. The van der Waals surface area contributed by atoms with Gasteiger partial charge in [0.15, 0.2) is 0 Å². The number of esters is 1. The predicted octanol–water partition coefficient (Wildman–Crippen LogP) is 3.58. The number of para-hydroxylation sites is 1. The van der Waals surface area contributed by atoms with Crippen molar-refractivity contribution in [2.24, 2.45) is 5.92 Å². The second-order valence-corrected chi connectivity index (χ2v) is 8.51. The zero-order valence-corrected chi connectivity index (χ0v) is 17.7. The lowest BCUT2D eigenvalue weighted by atomic mass is 9.60. The Hall–Kier alpha value is -3.61. The van der Waals surface area contributed by atoms with Gasteiger partial charge in [-0.05, 0) is 29.5 Å². The molecular weight excluding hydrogens is 408 g/mol. The number of carbonyl (C=O) groups excluding carboxylic acids is 3. The van der Waals surface area contributed by atoms with Crippen molar-refractivity contribution in [3.63, 3.8) is 0 Å². The molecule has 3 heterocycles. The molecule has 32 heavy (non-hydrogen) atoms. The van der Waals surface area contributed by atoms with E-state index in [1.54, 1.807) is 4.90 Å². The van der Waals surface area contributed by atoms with E-state index >= 15 is 0 Å². The number of Topliss-reactive ketones (excluding diaryl/α,β-unsaturated/α-hetero) is 1. The van der Waals surface area contributed by atoms with E-state index in [2.05, 4.69) is 4.98 Å². The number of hydrogen-bond acceptors (Lipinski definition) is 5. The van der Waals surface area contributed by atoms with Gasteiger partial charge < -0.3 is 19.4 Å². The second-order valence-electron chi connectivity index (χ2n) is 8.51. The molecule has 1 saturated carbocycles. The van der Waals surface area contributed by atoms with Crippen LogP contribution in [-0.2, 0) is 31.1 Å². The average molecular weight is 432 g/mol. The molecule has 2 saturated heterocycles. The molecule has 1 amide bonds. The smallest absolute Gasteiger partial charge is 0.410 e. The summed E-state index contributed by atoms with van der Waals surface area (Å²) in [6.45, 7) is 0.370. The maximum Gasteiger partial charge on any atom is 0.410 e. The minimum Gasteiger partial charge on any atom is -0.468 e. The first-order valence-corrected chi connectivity index (χ1v) is 10.7. The molecule has 2 aromatic carbocycles. The Morgan fingerprint density at radius 3 is 2.59 bits per heavy atom. The van der Waals surface area contributed by atoms with Gasteiger partial charge in [0.1, 0.15) is 17.8 Å². The van der Waals surface area contributed by atoms with Crippen LogP contribution in [0.25, 0.3) is 10.9 Å². The Morgan fingerprint density at radius 1 is 1.12 bits per heavy atom. The summed E-state index contributed by atoms with van der Waals surface area (Å²) in [7, 11) is 1.34. The molecule has 6 rings (SSSR count). The molecule has 7 nitrogen and oxygen atoms in total. The van der Waals surface area contributed by atoms with E-state index in [1.807, 2.05) is 60.7 Å². The van der Waals surface area contributed by atoms with Gasteiger partial charge in [-0.25, -0.2) is 4.79 Å². The fraction of sp³-hybridized carbons (Fsp3) is 0.320. The molecule has 164 valence electrons. The molecule has 1 aliphatic carbocycles. The largest absolute Gasteiger partial charge is 0.468 e. The summed E-state index contributed by atoms with van der Waals surface area (Å²) in [6, 6.07) is 18.4. The first-order chi connectivity index (χ1) is 15.5. The van der Waals surface area contributed by atoms with E-state index < -0.39 is 29.4 Å².